The molecule has 1 aliphatic heterocycles. The predicted molar refractivity (Wildman–Crippen MR) is 104 cm³/mol. The van der Waals surface area contributed by atoms with E-state index in [1.54, 1.807) is 7.11 Å². The summed E-state index contributed by atoms with van der Waals surface area (Å²) in [6.07, 6.45) is 1.03. The fourth-order valence-corrected chi connectivity index (χ4v) is 3.62. The Morgan fingerprint density at radius 1 is 1.23 bits per heavy atom. The number of rotatable bonds is 6. The van der Waals surface area contributed by atoms with Gasteiger partial charge in [0, 0.05) is 19.0 Å². The van der Waals surface area contributed by atoms with Crippen LogP contribution in [0.3, 0.4) is 0 Å². The molecule has 2 aromatic rings. The summed E-state index contributed by atoms with van der Waals surface area (Å²) in [5.74, 6) is 1.09. The van der Waals surface area contributed by atoms with Crippen molar-refractivity contribution in [2.24, 2.45) is 5.92 Å². The Morgan fingerprint density at radius 3 is 2.69 bits per heavy atom. The minimum absolute atomic E-state index is 0.0458. The number of hydrogen-bond acceptors (Lipinski definition) is 3. The molecule has 0 saturated carbocycles. The molecule has 3 atom stereocenters. The molecular formula is C22H28N2O2. The van der Waals surface area contributed by atoms with Gasteiger partial charge in [0.15, 0.2) is 0 Å². The van der Waals surface area contributed by atoms with E-state index in [1.165, 1.54) is 11.1 Å². The first-order valence-electron chi connectivity index (χ1n) is 9.36. The molecule has 0 aliphatic carbocycles. The van der Waals surface area contributed by atoms with Crippen LogP contribution in [0.1, 0.15) is 42.5 Å². The van der Waals surface area contributed by atoms with Crippen molar-refractivity contribution in [2.45, 2.75) is 32.2 Å². The highest BCUT2D eigenvalue weighted by molar-refractivity contribution is 5.81. The van der Waals surface area contributed by atoms with Crippen LogP contribution in [-0.4, -0.2) is 26.1 Å². The summed E-state index contributed by atoms with van der Waals surface area (Å²) in [6.45, 7) is 5.73. The second kappa shape index (κ2) is 8.37. The Morgan fingerprint density at radius 2 is 2.00 bits per heavy atom. The third kappa shape index (κ3) is 4.07. The van der Waals surface area contributed by atoms with Gasteiger partial charge in [-0.05, 0) is 42.2 Å². The smallest absolute Gasteiger partial charge is 0.225 e. The lowest BCUT2D eigenvalue weighted by molar-refractivity contribution is -0.125. The van der Waals surface area contributed by atoms with Gasteiger partial charge in [0.25, 0.3) is 0 Å². The Labute approximate surface area is 156 Å². The minimum Gasteiger partial charge on any atom is -0.497 e. The summed E-state index contributed by atoms with van der Waals surface area (Å²) in [4.78, 5) is 12.9. The number of carbonyl (C=O) groups excluding carboxylic acids is 1. The van der Waals surface area contributed by atoms with Gasteiger partial charge in [-0.1, -0.05) is 43.3 Å². The van der Waals surface area contributed by atoms with Gasteiger partial charge >= 0.3 is 0 Å². The van der Waals surface area contributed by atoms with Gasteiger partial charge in [0.1, 0.15) is 5.75 Å². The summed E-state index contributed by atoms with van der Waals surface area (Å²) in [7, 11) is 1.65. The molecule has 1 fully saturated rings. The molecule has 3 unspecified atom stereocenters. The second-order valence-corrected chi connectivity index (χ2v) is 6.97. The Hall–Kier alpha value is -2.33. The van der Waals surface area contributed by atoms with Gasteiger partial charge in [-0.15, -0.1) is 0 Å². The average Bonchev–Trinajstić information content (AvgIpc) is 3.18. The standard InChI is InChI=1S/C22H28N2O2/c1-4-16-8-10-17(11-9-16)20-13-23-14-21(20)22(25)24-15(2)18-6-5-7-19(12-18)26-3/h5-12,15,20-21,23H,4,13-14H2,1-3H3,(H,24,25). The number of hydrogen-bond donors (Lipinski definition) is 2. The summed E-state index contributed by atoms with van der Waals surface area (Å²) < 4.78 is 5.28. The molecule has 2 aromatic carbocycles. The minimum atomic E-state index is -0.0543. The van der Waals surface area contributed by atoms with Crippen molar-refractivity contribution in [1.82, 2.24) is 10.6 Å². The molecule has 2 N–H and O–H groups in total. The number of ether oxygens (including phenoxy) is 1. The first-order chi connectivity index (χ1) is 12.6. The topological polar surface area (TPSA) is 50.4 Å². The van der Waals surface area contributed by atoms with Crippen molar-refractivity contribution in [1.29, 1.82) is 0 Å². The molecule has 1 heterocycles. The quantitative estimate of drug-likeness (QED) is 0.837. The summed E-state index contributed by atoms with van der Waals surface area (Å²) in [6, 6.07) is 16.5. The maximum atomic E-state index is 12.9. The van der Waals surface area contributed by atoms with Crippen LogP contribution in [-0.2, 0) is 11.2 Å². The largest absolute Gasteiger partial charge is 0.497 e. The van der Waals surface area contributed by atoms with E-state index < -0.39 is 0 Å². The zero-order valence-electron chi connectivity index (χ0n) is 15.8. The van der Waals surface area contributed by atoms with Crippen molar-refractivity contribution in [2.75, 3.05) is 20.2 Å². The van der Waals surface area contributed by atoms with Crippen molar-refractivity contribution in [3.05, 3.63) is 65.2 Å². The van der Waals surface area contributed by atoms with Gasteiger partial charge in [-0.2, -0.15) is 0 Å². The van der Waals surface area contributed by atoms with Crippen LogP contribution in [0.2, 0.25) is 0 Å². The van der Waals surface area contributed by atoms with Crippen molar-refractivity contribution >= 4 is 5.91 Å². The fraction of sp³-hybridized carbons (Fsp3) is 0.409. The highest BCUT2D eigenvalue weighted by Crippen LogP contribution is 2.29. The van der Waals surface area contributed by atoms with E-state index >= 15 is 0 Å². The molecule has 1 amide bonds. The van der Waals surface area contributed by atoms with Crippen LogP contribution < -0.4 is 15.4 Å². The molecule has 4 heteroatoms. The van der Waals surface area contributed by atoms with Gasteiger partial charge in [0.2, 0.25) is 5.91 Å². The normalized spacial score (nSPS) is 20.6. The van der Waals surface area contributed by atoms with Gasteiger partial charge in [-0.3, -0.25) is 4.79 Å². The number of methoxy groups -OCH3 is 1. The summed E-state index contributed by atoms with van der Waals surface area (Å²) in [5.41, 5.74) is 3.61. The Balaban J connectivity index is 1.69. The number of amides is 1. The van der Waals surface area contributed by atoms with Crippen LogP contribution in [0, 0.1) is 5.92 Å². The molecule has 3 rings (SSSR count). The second-order valence-electron chi connectivity index (χ2n) is 6.97. The molecule has 1 aliphatic rings. The van der Waals surface area contributed by atoms with Crippen molar-refractivity contribution in [3.63, 3.8) is 0 Å². The molecule has 4 nitrogen and oxygen atoms in total. The van der Waals surface area contributed by atoms with Crippen molar-refractivity contribution in [3.8, 4) is 5.75 Å². The first-order valence-corrected chi connectivity index (χ1v) is 9.36. The lowest BCUT2D eigenvalue weighted by Crippen LogP contribution is -2.36. The molecule has 1 saturated heterocycles. The van der Waals surface area contributed by atoms with Crippen LogP contribution >= 0.6 is 0 Å². The van der Waals surface area contributed by atoms with E-state index in [0.29, 0.717) is 0 Å². The van der Waals surface area contributed by atoms with E-state index in [9.17, 15) is 4.79 Å². The van der Waals surface area contributed by atoms with Gasteiger partial charge in [0.05, 0.1) is 19.1 Å². The molecule has 0 aromatic heterocycles. The SMILES string of the molecule is CCc1ccc(C2CNCC2C(=O)NC(C)c2cccc(OC)c2)cc1. The molecule has 138 valence electrons. The molecule has 0 radical (unpaired) electrons. The molecule has 26 heavy (non-hydrogen) atoms. The van der Waals surface area contributed by atoms with Crippen LogP contribution in [0.15, 0.2) is 48.5 Å². The molecule has 0 spiro atoms. The monoisotopic (exact) mass is 352 g/mol. The third-order valence-corrected chi connectivity index (χ3v) is 5.32. The molecule has 0 bridgehead atoms. The third-order valence-electron chi connectivity index (χ3n) is 5.32. The summed E-state index contributed by atoms with van der Waals surface area (Å²) in [5, 5.41) is 6.56. The predicted octanol–water partition coefficient (Wildman–Crippen LogP) is 3.44. The Bertz CT molecular complexity index is 742. The zero-order valence-corrected chi connectivity index (χ0v) is 15.8. The van der Waals surface area contributed by atoms with Crippen LogP contribution in [0.4, 0.5) is 0 Å². The number of carbonyl (C=O) groups is 1. The lowest BCUT2D eigenvalue weighted by atomic mass is 9.87. The van der Waals surface area contributed by atoms with Crippen molar-refractivity contribution < 1.29 is 9.53 Å². The van der Waals surface area contributed by atoms with Gasteiger partial charge < -0.3 is 15.4 Å². The zero-order chi connectivity index (χ0) is 18.5. The maximum Gasteiger partial charge on any atom is 0.225 e. The highest BCUT2D eigenvalue weighted by Gasteiger charge is 2.34. The van der Waals surface area contributed by atoms with Gasteiger partial charge in [-0.25, -0.2) is 0 Å². The van der Waals surface area contributed by atoms with E-state index in [2.05, 4.69) is 41.8 Å². The lowest BCUT2D eigenvalue weighted by Gasteiger charge is -2.22. The van der Waals surface area contributed by atoms with E-state index in [0.717, 1.165) is 30.8 Å². The number of benzene rings is 2. The Kier molecular flexibility index (Phi) is 5.94. The average molecular weight is 352 g/mol. The van der Waals surface area contributed by atoms with E-state index in [1.807, 2.05) is 31.2 Å². The number of nitrogens with one attached hydrogen (secondary N) is 2. The van der Waals surface area contributed by atoms with Crippen LogP contribution in [0.25, 0.3) is 0 Å². The first kappa shape index (κ1) is 18.5. The molecular weight excluding hydrogens is 324 g/mol. The summed E-state index contributed by atoms with van der Waals surface area (Å²) >= 11 is 0. The maximum absolute atomic E-state index is 12.9. The van der Waals surface area contributed by atoms with Crippen LogP contribution in [0.5, 0.6) is 5.75 Å². The number of aryl methyl sites for hydroxylation is 1. The highest BCUT2D eigenvalue weighted by atomic mass is 16.5. The van der Waals surface area contributed by atoms with E-state index in [4.69, 9.17) is 4.74 Å². The van der Waals surface area contributed by atoms with E-state index in [-0.39, 0.29) is 23.8 Å². The fourth-order valence-electron chi connectivity index (χ4n) is 3.62.